The van der Waals surface area contributed by atoms with Gasteiger partial charge in [-0.1, -0.05) is 66.6 Å². The van der Waals surface area contributed by atoms with Gasteiger partial charge in [-0.05, 0) is 42.5 Å². The van der Waals surface area contributed by atoms with E-state index in [9.17, 15) is 0 Å². The molecule has 1 aromatic carbocycles. The molecule has 0 saturated heterocycles. The zero-order chi connectivity index (χ0) is 12.8. The largest absolute Gasteiger partial charge is 0.330 e. The summed E-state index contributed by atoms with van der Waals surface area (Å²) in [6, 6.07) is 8.72. The zero-order valence-corrected chi connectivity index (χ0v) is 12.7. The minimum absolute atomic E-state index is 0.671. The highest BCUT2D eigenvalue weighted by Gasteiger charge is 2.21. The van der Waals surface area contributed by atoms with Crippen molar-refractivity contribution in [2.75, 3.05) is 6.54 Å². The van der Waals surface area contributed by atoms with Crippen molar-refractivity contribution in [1.82, 2.24) is 0 Å². The number of benzene rings is 1. The second-order valence-electron chi connectivity index (χ2n) is 5.58. The molecule has 1 saturated carbocycles. The molecule has 0 radical (unpaired) electrons. The fourth-order valence-corrected chi connectivity index (χ4v) is 3.41. The van der Waals surface area contributed by atoms with Gasteiger partial charge in [0.25, 0.3) is 0 Å². The van der Waals surface area contributed by atoms with Gasteiger partial charge in [-0.25, -0.2) is 0 Å². The lowest BCUT2D eigenvalue weighted by molar-refractivity contribution is 0.302. The average Bonchev–Trinajstić information content (AvgIpc) is 2.67. The van der Waals surface area contributed by atoms with E-state index in [1.807, 2.05) is 0 Å². The minimum Gasteiger partial charge on any atom is -0.330 e. The Bertz CT molecular complexity index is 339. The van der Waals surface area contributed by atoms with Gasteiger partial charge in [0.05, 0.1) is 0 Å². The van der Waals surface area contributed by atoms with E-state index in [1.54, 1.807) is 0 Å². The molecular formula is C16H24BrN. The minimum atomic E-state index is 0.671. The molecule has 0 heterocycles. The summed E-state index contributed by atoms with van der Waals surface area (Å²) < 4.78 is 1.16. The Labute approximate surface area is 119 Å². The van der Waals surface area contributed by atoms with Crippen molar-refractivity contribution in [3.8, 4) is 0 Å². The van der Waals surface area contributed by atoms with Crippen LogP contribution in [0.5, 0.6) is 0 Å². The third-order valence-corrected chi connectivity index (χ3v) is 4.81. The van der Waals surface area contributed by atoms with Crippen molar-refractivity contribution in [3.63, 3.8) is 0 Å². The van der Waals surface area contributed by atoms with E-state index in [0.29, 0.717) is 5.92 Å². The van der Waals surface area contributed by atoms with Gasteiger partial charge in [-0.2, -0.15) is 0 Å². The van der Waals surface area contributed by atoms with Crippen LogP contribution in [0.15, 0.2) is 28.7 Å². The molecule has 1 atom stereocenters. The van der Waals surface area contributed by atoms with Gasteiger partial charge in [-0.3, -0.25) is 0 Å². The Morgan fingerprint density at radius 1 is 1.06 bits per heavy atom. The molecule has 0 amide bonds. The van der Waals surface area contributed by atoms with E-state index in [2.05, 4.69) is 40.2 Å². The summed E-state index contributed by atoms with van der Waals surface area (Å²) in [7, 11) is 0. The zero-order valence-electron chi connectivity index (χ0n) is 11.1. The van der Waals surface area contributed by atoms with E-state index in [1.165, 1.54) is 44.1 Å². The molecule has 1 aliphatic rings. The highest BCUT2D eigenvalue weighted by atomic mass is 79.9. The maximum absolute atomic E-state index is 6.02. The first-order valence-electron chi connectivity index (χ1n) is 7.24. The summed E-state index contributed by atoms with van der Waals surface area (Å²) in [4.78, 5) is 0. The lowest BCUT2D eigenvalue weighted by Crippen LogP contribution is -2.25. The van der Waals surface area contributed by atoms with Gasteiger partial charge < -0.3 is 5.73 Å². The van der Waals surface area contributed by atoms with E-state index in [4.69, 9.17) is 5.73 Å². The molecule has 100 valence electrons. The Balaban J connectivity index is 1.97. The van der Waals surface area contributed by atoms with Crippen LogP contribution >= 0.6 is 15.9 Å². The first kappa shape index (κ1) is 14.1. The van der Waals surface area contributed by atoms with E-state index < -0.39 is 0 Å². The summed E-state index contributed by atoms with van der Waals surface area (Å²) in [6.07, 6.45) is 9.58. The second kappa shape index (κ2) is 7.30. The molecule has 0 bridgehead atoms. The molecule has 1 fully saturated rings. The first-order valence-corrected chi connectivity index (χ1v) is 8.03. The molecule has 2 N–H and O–H groups in total. The smallest absolute Gasteiger partial charge is 0.0175 e. The number of hydrogen-bond acceptors (Lipinski definition) is 1. The van der Waals surface area contributed by atoms with Gasteiger partial charge in [0.1, 0.15) is 0 Å². The maximum Gasteiger partial charge on any atom is 0.0175 e. The topological polar surface area (TPSA) is 26.0 Å². The predicted molar refractivity (Wildman–Crippen MR) is 81.6 cm³/mol. The Morgan fingerprint density at radius 2 is 1.67 bits per heavy atom. The van der Waals surface area contributed by atoms with Gasteiger partial charge in [0.15, 0.2) is 0 Å². The molecule has 1 unspecified atom stereocenters. The molecule has 0 spiro atoms. The van der Waals surface area contributed by atoms with Gasteiger partial charge in [0.2, 0.25) is 0 Å². The van der Waals surface area contributed by atoms with Crippen molar-refractivity contribution < 1.29 is 0 Å². The monoisotopic (exact) mass is 309 g/mol. The average molecular weight is 310 g/mol. The van der Waals surface area contributed by atoms with Gasteiger partial charge >= 0.3 is 0 Å². The summed E-state index contributed by atoms with van der Waals surface area (Å²) in [5.41, 5.74) is 7.45. The summed E-state index contributed by atoms with van der Waals surface area (Å²) >= 11 is 3.49. The third kappa shape index (κ3) is 4.10. The van der Waals surface area contributed by atoms with Crippen LogP contribution in [0.3, 0.4) is 0 Å². The van der Waals surface area contributed by atoms with Crippen LogP contribution < -0.4 is 5.73 Å². The SMILES string of the molecule is NCC(Cc1ccc(Br)cc1)C1CCCCCC1. The van der Waals surface area contributed by atoms with E-state index >= 15 is 0 Å². The summed E-state index contributed by atoms with van der Waals surface area (Å²) in [5.74, 6) is 1.52. The van der Waals surface area contributed by atoms with Crippen molar-refractivity contribution in [2.45, 2.75) is 44.9 Å². The molecule has 1 nitrogen and oxygen atoms in total. The fourth-order valence-electron chi connectivity index (χ4n) is 3.15. The Hall–Kier alpha value is -0.340. The Kier molecular flexibility index (Phi) is 5.71. The van der Waals surface area contributed by atoms with Crippen molar-refractivity contribution in [2.24, 2.45) is 17.6 Å². The van der Waals surface area contributed by atoms with Crippen LogP contribution in [0, 0.1) is 11.8 Å². The quantitative estimate of drug-likeness (QED) is 0.812. The highest BCUT2D eigenvalue weighted by Crippen LogP contribution is 2.30. The van der Waals surface area contributed by atoms with Gasteiger partial charge in [-0.15, -0.1) is 0 Å². The molecule has 2 rings (SSSR count). The van der Waals surface area contributed by atoms with Crippen molar-refractivity contribution in [3.05, 3.63) is 34.3 Å². The molecule has 1 aliphatic carbocycles. The maximum atomic E-state index is 6.02. The molecule has 0 aromatic heterocycles. The number of nitrogens with two attached hydrogens (primary N) is 1. The third-order valence-electron chi connectivity index (χ3n) is 4.28. The normalized spacial score (nSPS) is 19.4. The number of halogens is 1. The summed E-state index contributed by atoms with van der Waals surface area (Å²) in [5, 5.41) is 0. The molecule has 2 heteroatoms. The molecule has 0 aliphatic heterocycles. The van der Waals surface area contributed by atoms with Crippen LogP contribution in [0.2, 0.25) is 0 Å². The highest BCUT2D eigenvalue weighted by molar-refractivity contribution is 9.10. The van der Waals surface area contributed by atoms with Crippen molar-refractivity contribution in [1.29, 1.82) is 0 Å². The van der Waals surface area contributed by atoms with Crippen LogP contribution in [0.1, 0.15) is 44.1 Å². The summed E-state index contributed by atoms with van der Waals surface area (Å²) in [6.45, 7) is 0.834. The molecular weight excluding hydrogens is 286 g/mol. The van der Waals surface area contributed by atoms with Crippen LogP contribution in [-0.4, -0.2) is 6.54 Å². The first-order chi connectivity index (χ1) is 8.79. The Morgan fingerprint density at radius 3 is 2.22 bits per heavy atom. The predicted octanol–water partition coefficient (Wildman–Crippen LogP) is 4.54. The van der Waals surface area contributed by atoms with E-state index in [-0.39, 0.29) is 0 Å². The van der Waals surface area contributed by atoms with Crippen LogP contribution in [0.4, 0.5) is 0 Å². The standard InChI is InChI=1S/C16H24BrN/c17-16-9-7-13(8-10-16)11-15(12-18)14-5-3-1-2-4-6-14/h7-10,14-15H,1-6,11-12,18H2. The molecule has 1 aromatic rings. The van der Waals surface area contributed by atoms with Crippen LogP contribution in [-0.2, 0) is 6.42 Å². The number of hydrogen-bond donors (Lipinski definition) is 1. The van der Waals surface area contributed by atoms with E-state index in [0.717, 1.165) is 23.4 Å². The fraction of sp³-hybridized carbons (Fsp3) is 0.625. The lowest BCUT2D eigenvalue weighted by atomic mass is 9.82. The van der Waals surface area contributed by atoms with Crippen molar-refractivity contribution >= 4 is 15.9 Å². The van der Waals surface area contributed by atoms with Crippen LogP contribution in [0.25, 0.3) is 0 Å². The molecule has 18 heavy (non-hydrogen) atoms. The van der Waals surface area contributed by atoms with Gasteiger partial charge in [0, 0.05) is 4.47 Å². The number of rotatable bonds is 4. The second-order valence-corrected chi connectivity index (χ2v) is 6.49. The lowest BCUT2D eigenvalue weighted by Gasteiger charge is -2.25.